The quantitative estimate of drug-likeness (QED) is 0.325. The molecule has 1 aliphatic carbocycles. The fourth-order valence-corrected chi connectivity index (χ4v) is 6.84. The van der Waals surface area contributed by atoms with Gasteiger partial charge in [-0.2, -0.15) is 11.3 Å². The molecule has 1 unspecified atom stereocenters. The van der Waals surface area contributed by atoms with Crippen LogP contribution in [-0.4, -0.2) is 72.5 Å². The summed E-state index contributed by atoms with van der Waals surface area (Å²) in [5.74, 6) is 0.943. The van der Waals surface area contributed by atoms with E-state index in [4.69, 9.17) is 4.74 Å². The molecule has 0 spiro atoms. The minimum absolute atomic E-state index is 0. The van der Waals surface area contributed by atoms with E-state index in [0.29, 0.717) is 38.0 Å². The van der Waals surface area contributed by atoms with Crippen molar-refractivity contribution in [1.82, 2.24) is 15.1 Å². The van der Waals surface area contributed by atoms with Gasteiger partial charge in [-0.15, -0.1) is 12.4 Å². The van der Waals surface area contributed by atoms with Crippen LogP contribution in [0.25, 0.3) is 11.1 Å². The second kappa shape index (κ2) is 13.7. The number of carbonyl (C=O) groups excluding carboxylic acids is 2. The summed E-state index contributed by atoms with van der Waals surface area (Å²) in [6, 6.07) is 19.2. The molecule has 2 aromatic carbocycles. The Morgan fingerprint density at radius 1 is 1.00 bits per heavy atom. The Balaban J connectivity index is 0.00000368. The first-order valence-corrected chi connectivity index (χ1v) is 16.3. The summed E-state index contributed by atoms with van der Waals surface area (Å²) in [6.45, 7) is 9.00. The molecule has 43 heavy (non-hydrogen) atoms. The number of benzene rings is 2. The number of hydrogen-bond donors (Lipinski definition) is 1. The number of anilines is 1. The summed E-state index contributed by atoms with van der Waals surface area (Å²) in [6.07, 6.45) is 4.08. The first-order valence-electron chi connectivity index (χ1n) is 15.3. The predicted molar refractivity (Wildman–Crippen MR) is 176 cm³/mol. The van der Waals surface area contributed by atoms with Crippen LogP contribution in [0.1, 0.15) is 45.1 Å². The Morgan fingerprint density at radius 2 is 1.77 bits per heavy atom. The monoisotopic (exact) mass is 622 g/mol. The Labute approximate surface area is 265 Å². The third-order valence-corrected chi connectivity index (χ3v) is 9.36. The molecule has 6 rings (SSSR count). The van der Waals surface area contributed by atoms with E-state index in [2.05, 4.69) is 62.3 Å². The van der Waals surface area contributed by atoms with Crippen LogP contribution in [0.3, 0.4) is 0 Å². The van der Waals surface area contributed by atoms with E-state index in [1.807, 2.05) is 36.9 Å². The van der Waals surface area contributed by atoms with Crippen molar-refractivity contribution in [3.05, 3.63) is 70.9 Å². The fourth-order valence-electron chi connectivity index (χ4n) is 6.18. The van der Waals surface area contributed by atoms with Gasteiger partial charge in [0.1, 0.15) is 5.75 Å². The number of carbonyl (C=O) groups is 2. The van der Waals surface area contributed by atoms with E-state index in [1.165, 1.54) is 16.7 Å². The SMILES string of the molecule is CC(C)(Oc1cccc(N2CCCC(C(=O)N(Cc3ccc(-c4ccsc4)cc3)C3CC3)C2)c1)C(=O)N1CCNCC1.Cl. The summed E-state index contributed by atoms with van der Waals surface area (Å²) >= 11 is 1.71. The Bertz CT molecular complexity index is 1370. The maximum absolute atomic E-state index is 13.9. The zero-order chi connectivity index (χ0) is 29.1. The Morgan fingerprint density at radius 3 is 2.47 bits per heavy atom. The largest absolute Gasteiger partial charge is 0.478 e. The van der Waals surface area contributed by atoms with E-state index in [9.17, 15) is 9.59 Å². The molecule has 3 aliphatic rings. The molecule has 7 nitrogen and oxygen atoms in total. The van der Waals surface area contributed by atoms with Gasteiger partial charge in [0.2, 0.25) is 5.91 Å². The van der Waals surface area contributed by atoms with Gasteiger partial charge in [0.15, 0.2) is 5.60 Å². The molecule has 2 aliphatic heterocycles. The van der Waals surface area contributed by atoms with E-state index >= 15 is 0 Å². The molecule has 2 saturated heterocycles. The van der Waals surface area contributed by atoms with Gasteiger partial charge in [-0.05, 0) is 85.2 Å². The standard InChI is InChI=1S/C34H42N4O3S.ClH/c1-34(2,33(40)36-18-15-35-16-19-36)41-31-7-3-6-30(21-31)37-17-4-5-27(23-37)32(39)38(29-12-13-29)22-25-8-10-26(11-9-25)28-14-20-42-24-28;/h3,6-11,14,20-21,24,27,29,35H,4-5,12-13,15-19,22-23H2,1-2H3;1H. The zero-order valence-electron chi connectivity index (χ0n) is 25.2. The number of ether oxygens (including phenoxy) is 1. The number of piperidine rings is 1. The second-order valence-electron chi connectivity index (χ2n) is 12.3. The van der Waals surface area contributed by atoms with Gasteiger partial charge in [0.05, 0.1) is 5.92 Å². The molecule has 9 heteroatoms. The van der Waals surface area contributed by atoms with E-state index < -0.39 is 5.60 Å². The number of piperazine rings is 1. The molecule has 1 N–H and O–H groups in total. The first-order chi connectivity index (χ1) is 20.4. The lowest BCUT2D eigenvalue weighted by Crippen LogP contribution is -2.54. The van der Waals surface area contributed by atoms with Crippen LogP contribution in [-0.2, 0) is 16.1 Å². The third kappa shape index (κ3) is 7.54. The van der Waals surface area contributed by atoms with Crippen LogP contribution < -0.4 is 15.0 Å². The number of rotatable bonds is 9. The highest BCUT2D eigenvalue weighted by atomic mass is 35.5. The molecule has 1 atom stereocenters. The summed E-state index contributed by atoms with van der Waals surface area (Å²) in [5.41, 5.74) is 3.73. The summed E-state index contributed by atoms with van der Waals surface area (Å²) in [7, 11) is 0. The molecular formula is C34H43ClN4O3S. The molecule has 0 bridgehead atoms. The fraction of sp³-hybridized carbons (Fsp3) is 0.471. The van der Waals surface area contributed by atoms with Crippen molar-refractivity contribution in [3.8, 4) is 16.9 Å². The normalized spacial score (nSPS) is 19.0. The number of nitrogens with one attached hydrogen (secondary N) is 1. The highest BCUT2D eigenvalue weighted by molar-refractivity contribution is 7.08. The van der Waals surface area contributed by atoms with Crippen molar-refractivity contribution in [2.45, 2.75) is 57.7 Å². The lowest BCUT2D eigenvalue weighted by molar-refractivity contribution is -0.146. The van der Waals surface area contributed by atoms with Gasteiger partial charge >= 0.3 is 0 Å². The molecule has 3 heterocycles. The molecule has 3 fully saturated rings. The van der Waals surface area contributed by atoms with Crippen LogP contribution in [0.15, 0.2) is 65.4 Å². The zero-order valence-corrected chi connectivity index (χ0v) is 26.8. The van der Waals surface area contributed by atoms with Crippen LogP contribution in [0, 0.1) is 5.92 Å². The van der Waals surface area contributed by atoms with Gasteiger partial charge in [-0.1, -0.05) is 30.3 Å². The molecule has 2 amide bonds. The highest BCUT2D eigenvalue weighted by Crippen LogP contribution is 2.34. The van der Waals surface area contributed by atoms with Crippen LogP contribution in [0.4, 0.5) is 5.69 Å². The van der Waals surface area contributed by atoms with Crippen molar-refractivity contribution < 1.29 is 14.3 Å². The van der Waals surface area contributed by atoms with E-state index in [1.54, 1.807) is 11.3 Å². The molecule has 3 aromatic rings. The van der Waals surface area contributed by atoms with Crippen molar-refractivity contribution in [1.29, 1.82) is 0 Å². The maximum Gasteiger partial charge on any atom is 0.266 e. The molecule has 1 saturated carbocycles. The van der Waals surface area contributed by atoms with Crippen molar-refractivity contribution in [3.63, 3.8) is 0 Å². The Hall–Kier alpha value is -3.07. The maximum atomic E-state index is 13.9. The third-order valence-electron chi connectivity index (χ3n) is 8.68. The average Bonchev–Trinajstić information content (AvgIpc) is 3.72. The number of hydrogen-bond acceptors (Lipinski definition) is 6. The topological polar surface area (TPSA) is 65.1 Å². The van der Waals surface area contributed by atoms with Gasteiger partial charge in [-0.3, -0.25) is 9.59 Å². The van der Waals surface area contributed by atoms with Crippen LogP contribution >= 0.6 is 23.7 Å². The molecular weight excluding hydrogens is 580 g/mol. The Kier molecular flexibility index (Phi) is 9.99. The summed E-state index contributed by atoms with van der Waals surface area (Å²) in [4.78, 5) is 33.4. The van der Waals surface area contributed by atoms with Crippen molar-refractivity contribution in [2.75, 3.05) is 44.2 Å². The lowest BCUT2D eigenvalue weighted by Gasteiger charge is -2.37. The lowest BCUT2D eigenvalue weighted by atomic mass is 9.95. The van der Waals surface area contributed by atoms with Gasteiger partial charge in [0.25, 0.3) is 5.91 Å². The average molecular weight is 623 g/mol. The van der Waals surface area contributed by atoms with Crippen molar-refractivity contribution >= 4 is 41.2 Å². The first kappa shape index (κ1) is 31.4. The number of thiophene rings is 1. The van der Waals surface area contributed by atoms with Crippen LogP contribution in [0.5, 0.6) is 5.75 Å². The second-order valence-corrected chi connectivity index (χ2v) is 13.1. The van der Waals surface area contributed by atoms with Gasteiger partial charge in [-0.25, -0.2) is 0 Å². The highest BCUT2D eigenvalue weighted by Gasteiger charge is 2.38. The van der Waals surface area contributed by atoms with Gasteiger partial charge < -0.3 is 24.8 Å². The smallest absolute Gasteiger partial charge is 0.266 e. The van der Waals surface area contributed by atoms with Crippen molar-refractivity contribution in [2.24, 2.45) is 5.92 Å². The minimum Gasteiger partial charge on any atom is -0.478 e. The van der Waals surface area contributed by atoms with Gasteiger partial charge in [0, 0.05) is 63.6 Å². The number of nitrogens with zero attached hydrogens (tertiary/aromatic N) is 3. The predicted octanol–water partition coefficient (Wildman–Crippen LogP) is 5.83. The van der Waals surface area contributed by atoms with Crippen LogP contribution in [0.2, 0.25) is 0 Å². The summed E-state index contributed by atoms with van der Waals surface area (Å²) in [5, 5.41) is 7.56. The molecule has 1 aromatic heterocycles. The molecule has 0 radical (unpaired) electrons. The molecule has 230 valence electrons. The van der Waals surface area contributed by atoms with E-state index in [-0.39, 0.29) is 30.1 Å². The summed E-state index contributed by atoms with van der Waals surface area (Å²) < 4.78 is 6.29. The minimum atomic E-state index is -0.955. The number of halogens is 1. The van der Waals surface area contributed by atoms with E-state index in [0.717, 1.165) is 51.0 Å². The number of amides is 2.